The van der Waals surface area contributed by atoms with Gasteiger partial charge in [0.05, 0.1) is 17.0 Å². The summed E-state index contributed by atoms with van der Waals surface area (Å²) in [6, 6.07) is 13.7. The van der Waals surface area contributed by atoms with E-state index in [4.69, 9.17) is 0 Å². The Morgan fingerprint density at radius 3 is 2.33 bits per heavy atom. The fourth-order valence-electron chi connectivity index (χ4n) is 3.36. The lowest BCUT2D eigenvalue weighted by atomic mass is 9.79. The van der Waals surface area contributed by atoms with Crippen molar-refractivity contribution >= 4 is 15.9 Å². The Morgan fingerprint density at radius 1 is 1.00 bits per heavy atom. The zero-order chi connectivity index (χ0) is 17.4. The number of halogens is 4. The van der Waals surface area contributed by atoms with E-state index in [9.17, 15) is 18.4 Å². The summed E-state index contributed by atoms with van der Waals surface area (Å²) < 4.78 is 39.5. The van der Waals surface area contributed by atoms with Crippen molar-refractivity contribution in [2.24, 2.45) is 0 Å². The van der Waals surface area contributed by atoms with Gasteiger partial charge in [-0.3, -0.25) is 0 Å². The Labute approximate surface area is 147 Å². The highest BCUT2D eigenvalue weighted by atomic mass is 79.9. The standard InChI is InChI=1S/C19H15BrF3N/c20-17-10-14(9-16(11-17)19(21,22)23)13-4-3-5-15(8-13)18(12-24)6-1-2-7-18/h3-5,8-11H,1-2,6-7H2. The van der Waals surface area contributed by atoms with Crippen LogP contribution in [0.4, 0.5) is 13.2 Å². The van der Waals surface area contributed by atoms with Gasteiger partial charge in [-0.05, 0) is 53.8 Å². The molecular formula is C19H15BrF3N. The Hall–Kier alpha value is -1.80. The number of alkyl halides is 3. The zero-order valence-electron chi connectivity index (χ0n) is 12.8. The molecular weight excluding hydrogens is 379 g/mol. The maximum Gasteiger partial charge on any atom is 0.416 e. The van der Waals surface area contributed by atoms with Crippen LogP contribution in [0.3, 0.4) is 0 Å². The fraction of sp³-hybridized carbons (Fsp3) is 0.316. The lowest BCUT2D eigenvalue weighted by molar-refractivity contribution is -0.137. The van der Waals surface area contributed by atoms with Gasteiger partial charge < -0.3 is 0 Å². The third-order valence-electron chi connectivity index (χ3n) is 4.64. The number of nitriles is 1. The molecule has 2 aromatic carbocycles. The summed E-state index contributed by atoms with van der Waals surface area (Å²) >= 11 is 3.16. The van der Waals surface area contributed by atoms with Crippen LogP contribution in [0.5, 0.6) is 0 Å². The second-order valence-electron chi connectivity index (χ2n) is 6.21. The summed E-state index contributed by atoms with van der Waals surface area (Å²) in [5.41, 5.74) is 0.890. The Balaban J connectivity index is 2.07. The molecule has 24 heavy (non-hydrogen) atoms. The van der Waals surface area contributed by atoms with E-state index in [-0.39, 0.29) is 0 Å². The first-order chi connectivity index (χ1) is 11.3. The van der Waals surface area contributed by atoms with Crippen LogP contribution in [0.15, 0.2) is 46.9 Å². The van der Waals surface area contributed by atoms with Crippen LogP contribution < -0.4 is 0 Å². The molecule has 1 saturated carbocycles. The van der Waals surface area contributed by atoms with Crippen molar-refractivity contribution in [2.75, 3.05) is 0 Å². The van der Waals surface area contributed by atoms with Crippen LogP contribution in [0.1, 0.15) is 36.8 Å². The Bertz CT molecular complexity index is 799. The number of benzene rings is 2. The van der Waals surface area contributed by atoms with E-state index < -0.39 is 17.2 Å². The molecule has 0 unspecified atom stereocenters. The Kier molecular flexibility index (Phi) is 4.44. The van der Waals surface area contributed by atoms with Gasteiger partial charge in [0.25, 0.3) is 0 Å². The lowest BCUT2D eigenvalue weighted by Crippen LogP contribution is -2.19. The molecule has 5 heteroatoms. The summed E-state index contributed by atoms with van der Waals surface area (Å²) in [4.78, 5) is 0. The average Bonchev–Trinajstić information content (AvgIpc) is 3.04. The van der Waals surface area contributed by atoms with Gasteiger partial charge in [0.1, 0.15) is 0 Å². The van der Waals surface area contributed by atoms with Gasteiger partial charge in [-0.1, -0.05) is 47.0 Å². The minimum atomic E-state index is -4.39. The fourth-order valence-corrected chi connectivity index (χ4v) is 3.85. The monoisotopic (exact) mass is 393 g/mol. The van der Waals surface area contributed by atoms with E-state index in [2.05, 4.69) is 22.0 Å². The molecule has 1 aliphatic carbocycles. The molecule has 0 atom stereocenters. The van der Waals surface area contributed by atoms with Gasteiger partial charge in [-0.25, -0.2) is 0 Å². The summed E-state index contributed by atoms with van der Waals surface area (Å²) in [5.74, 6) is 0. The quantitative estimate of drug-likeness (QED) is 0.573. The molecule has 0 amide bonds. The smallest absolute Gasteiger partial charge is 0.197 e. The molecule has 0 bridgehead atoms. The summed E-state index contributed by atoms with van der Waals surface area (Å²) in [6.45, 7) is 0. The van der Waals surface area contributed by atoms with Gasteiger partial charge in [0.2, 0.25) is 0 Å². The number of rotatable bonds is 2. The van der Waals surface area contributed by atoms with Crippen LogP contribution in [0, 0.1) is 11.3 Å². The lowest BCUT2D eigenvalue weighted by Gasteiger charge is -2.21. The van der Waals surface area contributed by atoms with E-state index in [0.717, 1.165) is 43.4 Å². The molecule has 0 N–H and O–H groups in total. The van der Waals surface area contributed by atoms with Crippen molar-refractivity contribution in [3.05, 3.63) is 58.1 Å². The van der Waals surface area contributed by atoms with Crippen molar-refractivity contribution in [1.29, 1.82) is 5.26 Å². The maximum atomic E-state index is 13.0. The first-order valence-corrected chi connectivity index (χ1v) is 8.53. The number of nitrogens with zero attached hydrogens (tertiary/aromatic N) is 1. The largest absolute Gasteiger partial charge is 0.416 e. The van der Waals surface area contributed by atoms with Crippen LogP contribution in [-0.4, -0.2) is 0 Å². The molecule has 0 aromatic heterocycles. The summed E-state index contributed by atoms with van der Waals surface area (Å²) in [7, 11) is 0. The Morgan fingerprint density at radius 2 is 1.71 bits per heavy atom. The molecule has 124 valence electrons. The third-order valence-corrected chi connectivity index (χ3v) is 5.10. The minimum absolute atomic E-state index is 0.383. The van der Waals surface area contributed by atoms with Gasteiger partial charge in [0.15, 0.2) is 0 Å². The summed E-state index contributed by atoms with van der Waals surface area (Å²) in [6.07, 6.45) is -0.770. The molecule has 0 saturated heterocycles. The normalized spacial score (nSPS) is 16.8. The molecule has 1 fully saturated rings. The number of hydrogen-bond acceptors (Lipinski definition) is 1. The average molecular weight is 394 g/mol. The van der Waals surface area contributed by atoms with Crippen LogP contribution in [-0.2, 0) is 11.6 Å². The second-order valence-corrected chi connectivity index (χ2v) is 7.12. The highest BCUT2D eigenvalue weighted by Gasteiger charge is 2.36. The van der Waals surface area contributed by atoms with Crippen molar-refractivity contribution in [3.8, 4) is 17.2 Å². The second kappa shape index (κ2) is 6.25. The van der Waals surface area contributed by atoms with Crippen molar-refractivity contribution in [2.45, 2.75) is 37.3 Å². The minimum Gasteiger partial charge on any atom is -0.197 e. The van der Waals surface area contributed by atoms with Gasteiger partial charge in [-0.15, -0.1) is 0 Å². The molecule has 0 radical (unpaired) electrons. The maximum absolute atomic E-state index is 13.0. The van der Waals surface area contributed by atoms with Crippen LogP contribution >= 0.6 is 15.9 Å². The van der Waals surface area contributed by atoms with Crippen LogP contribution in [0.2, 0.25) is 0 Å². The third kappa shape index (κ3) is 3.21. The van der Waals surface area contributed by atoms with Crippen molar-refractivity contribution in [1.82, 2.24) is 0 Å². The SMILES string of the molecule is N#CC1(c2cccc(-c3cc(Br)cc(C(F)(F)F)c3)c2)CCCC1. The predicted molar refractivity (Wildman–Crippen MR) is 90.3 cm³/mol. The van der Waals surface area contributed by atoms with E-state index in [1.54, 1.807) is 12.1 Å². The highest BCUT2D eigenvalue weighted by molar-refractivity contribution is 9.10. The van der Waals surface area contributed by atoms with Crippen LogP contribution in [0.25, 0.3) is 11.1 Å². The first kappa shape index (κ1) is 17.0. The molecule has 2 aromatic rings. The topological polar surface area (TPSA) is 23.8 Å². The van der Waals surface area contributed by atoms with E-state index in [0.29, 0.717) is 15.6 Å². The van der Waals surface area contributed by atoms with E-state index in [1.165, 1.54) is 0 Å². The molecule has 1 nitrogen and oxygen atoms in total. The summed E-state index contributed by atoms with van der Waals surface area (Å²) in [5, 5.41) is 9.62. The van der Waals surface area contributed by atoms with Gasteiger partial charge in [0, 0.05) is 4.47 Å². The van der Waals surface area contributed by atoms with Gasteiger partial charge in [-0.2, -0.15) is 18.4 Å². The molecule has 0 heterocycles. The first-order valence-electron chi connectivity index (χ1n) is 7.74. The van der Waals surface area contributed by atoms with Crippen molar-refractivity contribution in [3.63, 3.8) is 0 Å². The molecule has 0 aliphatic heterocycles. The van der Waals surface area contributed by atoms with E-state index in [1.807, 2.05) is 18.2 Å². The number of hydrogen-bond donors (Lipinski definition) is 0. The van der Waals surface area contributed by atoms with E-state index >= 15 is 0 Å². The highest BCUT2D eigenvalue weighted by Crippen LogP contribution is 2.42. The predicted octanol–water partition coefficient (Wildman–Crippen LogP) is 6.47. The zero-order valence-corrected chi connectivity index (χ0v) is 14.4. The molecule has 3 rings (SSSR count). The molecule has 0 spiro atoms. The van der Waals surface area contributed by atoms with Gasteiger partial charge >= 0.3 is 6.18 Å². The molecule has 1 aliphatic rings. The van der Waals surface area contributed by atoms with Crippen molar-refractivity contribution < 1.29 is 13.2 Å².